The summed E-state index contributed by atoms with van der Waals surface area (Å²) in [5, 5.41) is 11.0. The minimum absolute atomic E-state index is 0.00745. The molecular weight excluding hydrogens is 563 g/mol. The van der Waals surface area contributed by atoms with Crippen molar-refractivity contribution in [3.05, 3.63) is 39.9 Å². The Kier molecular flexibility index (Phi) is 7.43. The van der Waals surface area contributed by atoms with Gasteiger partial charge >= 0.3 is 0 Å². The first-order chi connectivity index (χ1) is 20.0. The summed E-state index contributed by atoms with van der Waals surface area (Å²) in [6, 6.07) is 0.574. The van der Waals surface area contributed by atoms with Crippen molar-refractivity contribution < 1.29 is 23.5 Å². The van der Waals surface area contributed by atoms with Gasteiger partial charge in [0.2, 0.25) is 17.7 Å². The molecule has 3 heterocycles. The lowest BCUT2D eigenvalue weighted by molar-refractivity contribution is -0.153. The molecule has 1 aromatic carbocycles. The van der Waals surface area contributed by atoms with Gasteiger partial charge in [0.15, 0.2) is 11.6 Å². The molecule has 1 aromatic heterocycles. The number of likely N-dealkylation sites (tertiary alicyclic amines) is 1. The Morgan fingerprint density at radius 2 is 2.05 bits per heavy atom. The van der Waals surface area contributed by atoms with Gasteiger partial charge in [0.1, 0.15) is 12.3 Å². The summed E-state index contributed by atoms with van der Waals surface area (Å²) in [6.45, 7) is 3.02. The third-order valence-corrected chi connectivity index (χ3v) is 10.3. The van der Waals surface area contributed by atoms with E-state index < -0.39 is 23.2 Å². The second kappa shape index (κ2) is 10.8. The van der Waals surface area contributed by atoms with Crippen molar-refractivity contribution in [2.75, 3.05) is 26.7 Å². The highest BCUT2D eigenvalue weighted by Gasteiger charge is 2.54. The third kappa shape index (κ3) is 5.03. The fourth-order valence-corrected chi connectivity index (χ4v) is 7.66. The average Bonchev–Trinajstić information content (AvgIpc) is 3.46. The Morgan fingerprint density at radius 1 is 1.26 bits per heavy atom. The number of carbonyl (C=O) groups is 3. The van der Waals surface area contributed by atoms with Gasteiger partial charge < -0.3 is 19.9 Å². The van der Waals surface area contributed by atoms with Gasteiger partial charge in [-0.25, -0.2) is 4.39 Å². The molecule has 1 N–H and O–H groups in total. The minimum Gasteiger partial charge on any atom is -0.484 e. The molecule has 12 heteroatoms. The van der Waals surface area contributed by atoms with Gasteiger partial charge in [0.05, 0.1) is 23.6 Å². The van der Waals surface area contributed by atoms with E-state index in [0.29, 0.717) is 55.6 Å². The second-order valence-electron chi connectivity index (χ2n) is 12.8. The van der Waals surface area contributed by atoms with Gasteiger partial charge in [-0.1, -0.05) is 29.7 Å². The number of hydrogen-bond donors (Lipinski definition) is 1. The van der Waals surface area contributed by atoms with E-state index in [1.165, 1.54) is 10.7 Å². The zero-order valence-electron chi connectivity index (χ0n) is 24.4. The normalized spacial score (nSPS) is 26.4. The lowest BCUT2D eigenvalue weighted by atomic mass is 9.66. The smallest absolute Gasteiger partial charge is 0.227 e. The first-order valence-corrected chi connectivity index (χ1v) is 15.2. The maximum Gasteiger partial charge on any atom is 0.227 e. The highest BCUT2D eigenvalue weighted by Crippen LogP contribution is 2.54. The van der Waals surface area contributed by atoms with Crippen molar-refractivity contribution in [2.45, 2.75) is 70.9 Å². The van der Waals surface area contributed by atoms with E-state index >= 15 is 4.39 Å². The number of benzene rings is 1. The lowest BCUT2D eigenvalue weighted by Gasteiger charge is -2.46. The molecule has 2 aliphatic carbocycles. The van der Waals surface area contributed by atoms with Crippen molar-refractivity contribution in [1.29, 1.82) is 0 Å². The number of fused-ring (bicyclic) bond motifs is 1. The Bertz CT molecular complexity index is 1430. The number of halogens is 2. The number of aryl methyl sites for hydroxylation is 1. The molecule has 1 spiro atoms. The van der Waals surface area contributed by atoms with Crippen LogP contribution in [0.2, 0.25) is 5.02 Å². The van der Waals surface area contributed by atoms with Crippen LogP contribution in [-0.2, 0) is 34.5 Å². The SMILES string of the molecule is CNC(=O)[C@@]1(C)CCCC[C@H]1C(=O)N1CCc2c(Cl)cc(F)c(OCc3cn(C)nn3)c2C1CN1CC2(CC2)CC1=O. The van der Waals surface area contributed by atoms with Crippen LogP contribution in [0.1, 0.15) is 74.7 Å². The quantitative estimate of drug-likeness (QED) is 0.520. The summed E-state index contributed by atoms with van der Waals surface area (Å²) in [7, 11) is 3.33. The molecule has 0 bridgehead atoms. The number of nitrogens with zero attached hydrogens (tertiary/aromatic N) is 5. The van der Waals surface area contributed by atoms with Gasteiger partial charge in [-0.3, -0.25) is 19.1 Å². The third-order valence-electron chi connectivity index (χ3n) is 9.95. The number of rotatable bonds is 7. The van der Waals surface area contributed by atoms with E-state index in [4.69, 9.17) is 16.3 Å². The number of carbonyl (C=O) groups excluding carboxylic acids is 3. The van der Waals surface area contributed by atoms with Crippen LogP contribution >= 0.6 is 11.6 Å². The topological polar surface area (TPSA) is 110 Å². The molecule has 4 aliphatic rings. The fourth-order valence-electron chi connectivity index (χ4n) is 7.37. The van der Waals surface area contributed by atoms with E-state index in [-0.39, 0.29) is 47.1 Å². The molecule has 42 heavy (non-hydrogen) atoms. The summed E-state index contributed by atoms with van der Waals surface area (Å²) >= 11 is 6.63. The molecule has 3 atom stereocenters. The first kappa shape index (κ1) is 28.9. The number of aromatic nitrogens is 3. The summed E-state index contributed by atoms with van der Waals surface area (Å²) in [4.78, 5) is 44.4. The maximum atomic E-state index is 15.7. The molecule has 226 valence electrons. The van der Waals surface area contributed by atoms with Gasteiger partial charge in [-0.05, 0) is 56.1 Å². The summed E-state index contributed by atoms with van der Waals surface area (Å²) in [6.07, 6.45) is 7.52. The number of ether oxygens (including phenoxy) is 1. The summed E-state index contributed by atoms with van der Waals surface area (Å²) in [5.41, 5.74) is 0.892. The molecule has 1 unspecified atom stereocenters. The van der Waals surface area contributed by atoms with Gasteiger partial charge in [-0.2, -0.15) is 0 Å². The van der Waals surface area contributed by atoms with Crippen molar-refractivity contribution in [3.8, 4) is 5.75 Å². The minimum atomic E-state index is -0.860. The molecule has 6 rings (SSSR count). The average molecular weight is 601 g/mol. The molecule has 3 amide bonds. The number of hydrogen-bond acceptors (Lipinski definition) is 6. The first-order valence-electron chi connectivity index (χ1n) is 14.8. The van der Waals surface area contributed by atoms with E-state index in [0.717, 1.165) is 25.7 Å². The van der Waals surface area contributed by atoms with E-state index in [1.54, 1.807) is 25.2 Å². The molecule has 0 radical (unpaired) electrons. The molecular formula is C30H38ClFN6O4. The highest BCUT2D eigenvalue weighted by molar-refractivity contribution is 6.31. The molecule has 2 aromatic rings. The number of amides is 3. The Hall–Kier alpha value is -3.21. The predicted octanol–water partition coefficient (Wildman–Crippen LogP) is 3.57. The van der Waals surface area contributed by atoms with Crippen molar-refractivity contribution in [1.82, 2.24) is 30.1 Å². The lowest BCUT2D eigenvalue weighted by Crippen LogP contribution is -2.54. The maximum absolute atomic E-state index is 15.7. The van der Waals surface area contributed by atoms with Crippen molar-refractivity contribution >= 4 is 29.3 Å². The van der Waals surface area contributed by atoms with Crippen LogP contribution in [0.15, 0.2) is 12.3 Å². The van der Waals surface area contributed by atoms with Crippen LogP contribution in [0.4, 0.5) is 4.39 Å². The van der Waals surface area contributed by atoms with Gasteiger partial charge in [-0.15, -0.1) is 5.10 Å². The second-order valence-corrected chi connectivity index (χ2v) is 13.2. The number of nitrogens with one attached hydrogen (secondary N) is 1. The molecule has 1 saturated heterocycles. The van der Waals surface area contributed by atoms with Gasteiger partial charge in [0.25, 0.3) is 0 Å². The van der Waals surface area contributed by atoms with Crippen LogP contribution in [0.3, 0.4) is 0 Å². The van der Waals surface area contributed by atoms with Crippen LogP contribution in [0.25, 0.3) is 0 Å². The van der Waals surface area contributed by atoms with Crippen LogP contribution < -0.4 is 10.1 Å². The summed E-state index contributed by atoms with van der Waals surface area (Å²) < 4.78 is 23.3. The van der Waals surface area contributed by atoms with E-state index in [9.17, 15) is 14.4 Å². The molecule has 2 aliphatic heterocycles. The van der Waals surface area contributed by atoms with E-state index in [2.05, 4.69) is 15.6 Å². The van der Waals surface area contributed by atoms with Crippen LogP contribution in [-0.4, -0.2) is 69.2 Å². The zero-order chi connectivity index (χ0) is 29.8. The Labute approximate surface area is 249 Å². The van der Waals surface area contributed by atoms with E-state index in [1.807, 2.05) is 11.8 Å². The standard InChI is InChI=1S/C30H38ClFN6O4/c1-29(28(41)33-2)8-5-4-6-20(29)27(40)38-11-7-19-21(31)12-22(32)26(42-16-18-14-36(3)35-34-18)25(19)23(38)15-37-17-30(9-10-30)13-24(37)39/h12,14,20,23H,4-11,13,15-17H2,1-3H3,(H,33,41)/t20-,23?,29-/m0/s1. The van der Waals surface area contributed by atoms with Crippen molar-refractivity contribution in [3.63, 3.8) is 0 Å². The molecule has 10 nitrogen and oxygen atoms in total. The van der Waals surface area contributed by atoms with Crippen molar-refractivity contribution in [2.24, 2.45) is 23.8 Å². The Morgan fingerprint density at radius 3 is 2.71 bits per heavy atom. The predicted molar refractivity (Wildman–Crippen MR) is 152 cm³/mol. The highest BCUT2D eigenvalue weighted by atomic mass is 35.5. The van der Waals surface area contributed by atoms with Crippen LogP contribution in [0, 0.1) is 22.6 Å². The zero-order valence-corrected chi connectivity index (χ0v) is 25.2. The summed E-state index contributed by atoms with van der Waals surface area (Å²) in [5.74, 6) is -1.42. The fraction of sp³-hybridized carbons (Fsp3) is 0.633. The largest absolute Gasteiger partial charge is 0.484 e. The molecule has 3 fully saturated rings. The monoisotopic (exact) mass is 600 g/mol. The Balaban J connectivity index is 1.40. The molecule has 2 saturated carbocycles. The van der Waals surface area contributed by atoms with Crippen LogP contribution in [0.5, 0.6) is 5.75 Å². The van der Waals surface area contributed by atoms with Gasteiger partial charge in [0, 0.05) is 50.7 Å².